The van der Waals surface area contributed by atoms with E-state index in [4.69, 9.17) is 9.94 Å². The lowest BCUT2D eigenvalue weighted by Gasteiger charge is -2.19. The van der Waals surface area contributed by atoms with E-state index < -0.39 is 5.97 Å². The summed E-state index contributed by atoms with van der Waals surface area (Å²) in [6.07, 6.45) is 2.57. The molecule has 1 heterocycles. The molecule has 0 aromatic rings. The average molecular weight is 211 g/mol. The van der Waals surface area contributed by atoms with Gasteiger partial charge >= 0.3 is 5.97 Å². The molecule has 0 amide bonds. The highest BCUT2D eigenvalue weighted by Crippen LogP contribution is 2.29. The molecule has 0 saturated heterocycles. The average Bonchev–Trinajstić information content (AvgIpc) is 2.25. The van der Waals surface area contributed by atoms with Gasteiger partial charge in [-0.05, 0) is 12.5 Å². The third-order valence-electron chi connectivity index (χ3n) is 2.32. The Hall–Kier alpha value is -1.32. The summed E-state index contributed by atoms with van der Waals surface area (Å²) in [7, 11) is 0. The SMILES string of the molecule is CC1CC=C(C(C)(C)C)ON=C1C(=O)O. The first-order valence-electron chi connectivity index (χ1n) is 5.01. The second-order valence-electron chi connectivity index (χ2n) is 4.83. The van der Waals surface area contributed by atoms with E-state index in [0.29, 0.717) is 6.42 Å². The van der Waals surface area contributed by atoms with Crippen molar-refractivity contribution >= 4 is 11.7 Å². The summed E-state index contributed by atoms with van der Waals surface area (Å²) in [6.45, 7) is 7.85. The predicted octanol–water partition coefficient (Wildman–Crippen LogP) is 2.41. The molecular weight excluding hydrogens is 194 g/mol. The minimum Gasteiger partial charge on any atom is -0.477 e. The number of hydrogen-bond acceptors (Lipinski definition) is 3. The highest BCUT2D eigenvalue weighted by Gasteiger charge is 2.26. The number of allylic oxidation sites excluding steroid dienone is 2. The Morgan fingerprint density at radius 2 is 2.20 bits per heavy atom. The number of carboxylic acid groups (broad SMARTS) is 1. The number of rotatable bonds is 1. The van der Waals surface area contributed by atoms with Gasteiger partial charge in [-0.1, -0.05) is 32.9 Å². The van der Waals surface area contributed by atoms with Crippen LogP contribution < -0.4 is 0 Å². The van der Waals surface area contributed by atoms with E-state index in [1.807, 2.05) is 33.8 Å². The first-order valence-corrected chi connectivity index (χ1v) is 5.01. The molecule has 0 saturated carbocycles. The lowest BCUT2D eigenvalue weighted by atomic mass is 9.92. The fourth-order valence-corrected chi connectivity index (χ4v) is 1.31. The maximum atomic E-state index is 10.8. The molecular formula is C11H17NO3. The molecule has 1 rings (SSSR count). The van der Waals surface area contributed by atoms with Crippen LogP contribution in [0.25, 0.3) is 0 Å². The van der Waals surface area contributed by atoms with Crippen molar-refractivity contribution in [2.45, 2.75) is 34.1 Å². The van der Waals surface area contributed by atoms with Gasteiger partial charge < -0.3 is 9.94 Å². The Morgan fingerprint density at radius 3 is 2.67 bits per heavy atom. The van der Waals surface area contributed by atoms with Crippen molar-refractivity contribution in [3.63, 3.8) is 0 Å². The quantitative estimate of drug-likeness (QED) is 0.724. The van der Waals surface area contributed by atoms with Crippen molar-refractivity contribution in [3.05, 3.63) is 11.8 Å². The summed E-state index contributed by atoms with van der Waals surface area (Å²) in [6, 6.07) is 0. The fourth-order valence-electron chi connectivity index (χ4n) is 1.31. The monoisotopic (exact) mass is 211 g/mol. The van der Waals surface area contributed by atoms with Crippen molar-refractivity contribution < 1.29 is 14.7 Å². The molecule has 1 aliphatic heterocycles. The van der Waals surface area contributed by atoms with E-state index in [0.717, 1.165) is 5.76 Å². The van der Waals surface area contributed by atoms with Gasteiger partial charge in [0.15, 0.2) is 5.71 Å². The van der Waals surface area contributed by atoms with E-state index in [1.165, 1.54) is 0 Å². The summed E-state index contributed by atoms with van der Waals surface area (Å²) in [5.74, 6) is -0.390. The second-order valence-corrected chi connectivity index (χ2v) is 4.83. The molecule has 1 N–H and O–H groups in total. The van der Waals surface area contributed by atoms with Gasteiger partial charge in [-0.2, -0.15) is 0 Å². The van der Waals surface area contributed by atoms with Crippen LogP contribution in [0.5, 0.6) is 0 Å². The summed E-state index contributed by atoms with van der Waals surface area (Å²) >= 11 is 0. The number of carbonyl (C=O) groups is 1. The molecule has 0 fully saturated rings. The molecule has 0 radical (unpaired) electrons. The van der Waals surface area contributed by atoms with Crippen molar-refractivity contribution in [1.29, 1.82) is 0 Å². The second kappa shape index (κ2) is 4.04. The Kier molecular flexibility index (Phi) is 3.17. The zero-order valence-corrected chi connectivity index (χ0v) is 9.57. The number of nitrogens with zero attached hydrogens (tertiary/aromatic N) is 1. The van der Waals surface area contributed by atoms with Crippen LogP contribution >= 0.6 is 0 Å². The lowest BCUT2D eigenvalue weighted by Crippen LogP contribution is -2.20. The van der Waals surface area contributed by atoms with E-state index in [-0.39, 0.29) is 17.0 Å². The molecule has 1 unspecified atom stereocenters. The van der Waals surface area contributed by atoms with Crippen LogP contribution in [-0.2, 0) is 9.63 Å². The summed E-state index contributed by atoms with van der Waals surface area (Å²) in [4.78, 5) is 16.0. The minimum absolute atomic E-state index is 0.0884. The van der Waals surface area contributed by atoms with Crippen LogP contribution in [0, 0.1) is 11.3 Å². The summed E-state index contributed by atoms with van der Waals surface area (Å²) in [5.41, 5.74) is -0.0533. The van der Waals surface area contributed by atoms with Gasteiger partial charge in [0.2, 0.25) is 0 Å². The molecule has 4 nitrogen and oxygen atoms in total. The molecule has 0 aromatic heterocycles. The first-order chi connectivity index (χ1) is 6.82. The van der Waals surface area contributed by atoms with Crippen LogP contribution in [0.2, 0.25) is 0 Å². The standard InChI is InChI=1S/C11H17NO3/c1-7-5-6-8(11(2,3)4)15-12-9(7)10(13)14/h6-7H,5H2,1-4H3,(H,13,14). The van der Waals surface area contributed by atoms with E-state index in [2.05, 4.69) is 5.16 Å². The maximum absolute atomic E-state index is 10.8. The Labute approximate surface area is 89.6 Å². The highest BCUT2D eigenvalue weighted by atomic mass is 16.6. The Bertz CT molecular complexity index is 323. The number of oxime groups is 1. The van der Waals surface area contributed by atoms with Gasteiger partial charge in [-0.25, -0.2) is 4.79 Å². The van der Waals surface area contributed by atoms with Gasteiger partial charge in [0, 0.05) is 11.3 Å². The molecule has 15 heavy (non-hydrogen) atoms. The molecule has 84 valence electrons. The number of carboxylic acids is 1. The van der Waals surface area contributed by atoms with Gasteiger partial charge in [-0.15, -0.1) is 0 Å². The van der Waals surface area contributed by atoms with Crippen LogP contribution in [0.15, 0.2) is 17.0 Å². The lowest BCUT2D eigenvalue weighted by molar-refractivity contribution is -0.129. The largest absolute Gasteiger partial charge is 0.477 e. The molecule has 0 bridgehead atoms. The predicted molar refractivity (Wildman–Crippen MR) is 57.5 cm³/mol. The van der Waals surface area contributed by atoms with Crippen LogP contribution in [0.1, 0.15) is 34.1 Å². The first kappa shape index (κ1) is 11.8. The molecule has 0 aromatic carbocycles. The molecule has 4 heteroatoms. The Balaban J connectivity index is 2.92. The normalized spacial score (nSPS) is 22.3. The third-order valence-corrected chi connectivity index (χ3v) is 2.32. The fraction of sp³-hybridized carbons (Fsp3) is 0.636. The minimum atomic E-state index is -1.01. The molecule has 0 spiro atoms. The smallest absolute Gasteiger partial charge is 0.353 e. The molecule has 1 atom stereocenters. The van der Waals surface area contributed by atoms with Gasteiger partial charge in [0.1, 0.15) is 5.76 Å². The van der Waals surface area contributed by atoms with Gasteiger partial charge in [0.05, 0.1) is 0 Å². The van der Waals surface area contributed by atoms with Crippen LogP contribution in [-0.4, -0.2) is 16.8 Å². The van der Waals surface area contributed by atoms with E-state index >= 15 is 0 Å². The van der Waals surface area contributed by atoms with Gasteiger partial charge in [0.25, 0.3) is 0 Å². The van der Waals surface area contributed by atoms with Crippen molar-refractivity contribution in [2.75, 3.05) is 0 Å². The van der Waals surface area contributed by atoms with Crippen LogP contribution in [0.3, 0.4) is 0 Å². The molecule has 0 aliphatic carbocycles. The summed E-state index contributed by atoms with van der Waals surface area (Å²) < 4.78 is 0. The van der Waals surface area contributed by atoms with Crippen molar-refractivity contribution in [3.8, 4) is 0 Å². The third kappa shape index (κ3) is 2.81. The zero-order valence-electron chi connectivity index (χ0n) is 9.57. The maximum Gasteiger partial charge on any atom is 0.353 e. The van der Waals surface area contributed by atoms with E-state index in [1.54, 1.807) is 0 Å². The van der Waals surface area contributed by atoms with Crippen molar-refractivity contribution in [2.24, 2.45) is 16.5 Å². The Morgan fingerprint density at radius 1 is 1.60 bits per heavy atom. The van der Waals surface area contributed by atoms with Gasteiger partial charge in [-0.3, -0.25) is 0 Å². The van der Waals surface area contributed by atoms with E-state index in [9.17, 15) is 4.79 Å². The van der Waals surface area contributed by atoms with Crippen molar-refractivity contribution in [1.82, 2.24) is 0 Å². The topological polar surface area (TPSA) is 58.9 Å². The summed E-state index contributed by atoms with van der Waals surface area (Å²) in [5, 5.41) is 12.6. The number of aliphatic carboxylic acids is 1. The molecule has 1 aliphatic rings. The van der Waals surface area contributed by atoms with Crippen LogP contribution in [0.4, 0.5) is 0 Å². The zero-order chi connectivity index (χ0) is 11.6. The highest BCUT2D eigenvalue weighted by molar-refractivity contribution is 6.36. The number of hydrogen-bond donors (Lipinski definition) is 1.